The molecule has 1 amide bonds. The van der Waals surface area contributed by atoms with Crippen LogP contribution in [0.5, 0.6) is 0 Å². The zero-order valence-corrected chi connectivity index (χ0v) is 11.7. The minimum absolute atomic E-state index is 0.236. The Morgan fingerprint density at radius 3 is 2.50 bits per heavy atom. The summed E-state index contributed by atoms with van der Waals surface area (Å²) in [4.78, 5) is 13.0. The SMILES string of the molecule is C#C/C=C(C)\C=C/C.CNCC(=O)N1CCCC1. The molecule has 0 aromatic rings. The molecule has 0 unspecified atom stereocenters. The Balaban J connectivity index is 0.000000331. The third-order valence-corrected chi connectivity index (χ3v) is 2.53. The van der Waals surface area contributed by atoms with E-state index in [1.54, 1.807) is 13.1 Å². The zero-order chi connectivity index (χ0) is 13.8. The first-order chi connectivity index (χ1) is 8.65. The van der Waals surface area contributed by atoms with E-state index in [4.69, 9.17) is 6.42 Å². The summed E-state index contributed by atoms with van der Waals surface area (Å²) in [6.07, 6.45) is 13.0. The van der Waals surface area contributed by atoms with Crippen LogP contribution in [-0.2, 0) is 4.79 Å². The normalized spacial score (nSPS) is 15.2. The predicted molar refractivity (Wildman–Crippen MR) is 77.1 cm³/mol. The fourth-order valence-electron chi connectivity index (χ4n) is 1.67. The number of nitrogens with zero attached hydrogens (tertiary/aromatic N) is 1. The Morgan fingerprint density at radius 1 is 1.44 bits per heavy atom. The highest BCUT2D eigenvalue weighted by molar-refractivity contribution is 5.78. The van der Waals surface area contributed by atoms with Crippen LogP contribution >= 0.6 is 0 Å². The van der Waals surface area contributed by atoms with Crippen LogP contribution in [0.15, 0.2) is 23.8 Å². The Hall–Kier alpha value is -1.53. The number of rotatable bonds is 3. The van der Waals surface area contributed by atoms with Crippen molar-refractivity contribution in [3.05, 3.63) is 23.8 Å². The van der Waals surface area contributed by atoms with Crippen molar-refractivity contribution in [2.24, 2.45) is 0 Å². The van der Waals surface area contributed by atoms with Gasteiger partial charge >= 0.3 is 0 Å². The summed E-state index contributed by atoms with van der Waals surface area (Å²) >= 11 is 0. The lowest BCUT2D eigenvalue weighted by atomic mass is 10.3. The molecule has 18 heavy (non-hydrogen) atoms. The average Bonchev–Trinajstić information content (AvgIpc) is 2.84. The standard InChI is InChI=1S/C8H10.C7H14N2O/c1-4-6-8(3)7-5-2;1-8-6-7(10)9-4-2-3-5-9/h1,5-7H,2-3H3;8H,2-6H2,1H3/b7-5-,8-6-;. The Labute approximate surface area is 111 Å². The maximum atomic E-state index is 11.1. The number of likely N-dealkylation sites (tertiary alicyclic amines) is 1. The van der Waals surface area contributed by atoms with Crippen LogP contribution < -0.4 is 5.32 Å². The van der Waals surface area contributed by atoms with Crippen LogP contribution in [0.3, 0.4) is 0 Å². The predicted octanol–water partition coefficient (Wildman–Crippen LogP) is 1.97. The molecule has 1 heterocycles. The summed E-state index contributed by atoms with van der Waals surface area (Å²) < 4.78 is 0. The molecule has 0 aromatic carbocycles. The summed E-state index contributed by atoms with van der Waals surface area (Å²) in [5.74, 6) is 2.68. The fourth-order valence-corrected chi connectivity index (χ4v) is 1.67. The van der Waals surface area contributed by atoms with E-state index in [1.807, 2.05) is 30.9 Å². The van der Waals surface area contributed by atoms with Gasteiger partial charge in [-0.2, -0.15) is 0 Å². The maximum Gasteiger partial charge on any atom is 0.236 e. The van der Waals surface area contributed by atoms with Gasteiger partial charge in [0.05, 0.1) is 6.54 Å². The van der Waals surface area contributed by atoms with E-state index in [-0.39, 0.29) is 5.91 Å². The van der Waals surface area contributed by atoms with Gasteiger partial charge in [0.25, 0.3) is 0 Å². The molecule has 0 aliphatic carbocycles. The van der Waals surface area contributed by atoms with Gasteiger partial charge in [-0.25, -0.2) is 0 Å². The van der Waals surface area contributed by atoms with E-state index in [0.717, 1.165) is 18.7 Å². The van der Waals surface area contributed by atoms with Gasteiger partial charge < -0.3 is 10.2 Å². The third-order valence-electron chi connectivity index (χ3n) is 2.53. The van der Waals surface area contributed by atoms with Crippen molar-refractivity contribution in [1.29, 1.82) is 0 Å². The van der Waals surface area contributed by atoms with E-state index >= 15 is 0 Å². The molecule has 0 bridgehead atoms. The van der Waals surface area contributed by atoms with Gasteiger partial charge in [0.1, 0.15) is 0 Å². The summed E-state index contributed by atoms with van der Waals surface area (Å²) in [7, 11) is 1.80. The van der Waals surface area contributed by atoms with Crippen LogP contribution in [0.1, 0.15) is 26.7 Å². The summed E-state index contributed by atoms with van der Waals surface area (Å²) in [6.45, 7) is 6.34. The second-order valence-electron chi connectivity index (χ2n) is 4.17. The molecule has 100 valence electrons. The van der Waals surface area contributed by atoms with Crippen LogP contribution in [0.2, 0.25) is 0 Å². The van der Waals surface area contributed by atoms with Crippen molar-refractivity contribution < 1.29 is 4.79 Å². The van der Waals surface area contributed by atoms with Crippen LogP contribution in [-0.4, -0.2) is 37.5 Å². The van der Waals surface area contributed by atoms with Gasteiger partial charge in [-0.3, -0.25) is 4.79 Å². The molecule has 3 heteroatoms. The summed E-state index contributed by atoms with van der Waals surface area (Å²) in [5, 5.41) is 2.85. The molecule has 0 aromatic heterocycles. The van der Waals surface area contributed by atoms with Crippen LogP contribution in [0.4, 0.5) is 0 Å². The molecular formula is C15H24N2O. The summed E-state index contributed by atoms with van der Waals surface area (Å²) in [6, 6.07) is 0. The average molecular weight is 248 g/mol. The highest BCUT2D eigenvalue weighted by atomic mass is 16.2. The van der Waals surface area contributed by atoms with Gasteiger partial charge in [0.2, 0.25) is 5.91 Å². The number of allylic oxidation sites excluding steroid dienone is 4. The molecule has 0 spiro atoms. The van der Waals surface area contributed by atoms with Crippen LogP contribution in [0, 0.1) is 12.3 Å². The van der Waals surface area contributed by atoms with Crippen molar-refractivity contribution in [2.75, 3.05) is 26.7 Å². The minimum atomic E-state index is 0.236. The number of carbonyl (C=O) groups excluding carboxylic acids is 1. The quantitative estimate of drug-likeness (QED) is 0.612. The van der Waals surface area contributed by atoms with Crippen molar-refractivity contribution in [3.8, 4) is 12.3 Å². The number of nitrogens with one attached hydrogen (secondary N) is 1. The van der Waals surface area contributed by atoms with Gasteiger partial charge in [0, 0.05) is 13.1 Å². The van der Waals surface area contributed by atoms with Gasteiger partial charge in [-0.1, -0.05) is 18.1 Å². The molecular weight excluding hydrogens is 224 g/mol. The molecule has 0 atom stereocenters. The first-order valence-electron chi connectivity index (χ1n) is 6.33. The monoisotopic (exact) mass is 248 g/mol. The lowest BCUT2D eigenvalue weighted by Gasteiger charge is -2.13. The summed E-state index contributed by atoms with van der Waals surface area (Å²) in [5.41, 5.74) is 1.12. The Kier molecular flexibility index (Phi) is 9.71. The second-order valence-corrected chi connectivity index (χ2v) is 4.17. The highest BCUT2D eigenvalue weighted by Gasteiger charge is 2.15. The van der Waals surface area contributed by atoms with E-state index in [1.165, 1.54) is 12.8 Å². The lowest BCUT2D eigenvalue weighted by Crippen LogP contribution is -2.34. The smallest absolute Gasteiger partial charge is 0.236 e. The van der Waals surface area contributed by atoms with E-state index < -0.39 is 0 Å². The van der Waals surface area contributed by atoms with Crippen molar-refractivity contribution in [3.63, 3.8) is 0 Å². The molecule has 1 rings (SSSR count). The van der Waals surface area contributed by atoms with Gasteiger partial charge in [-0.05, 0) is 45.4 Å². The second kappa shape index (κ2) is 10.6. The third kappa shape index (κ3) is 7.70. The molecule has 0 saturated carbocycles. The molecule has 1 N–H and O–H groups in total. The number of hydrogen-bond donors (Lipinski definition) is 1. The van der Waals surface area contributed by atoms with Crippen molar-refractivity contribution in [1.82, 2.24) is 10.2 Å². The first-order valence-corrected chi connectivity index (χ1v) is 6.33. The Bertz CT molecular complexity index is 331. The topological polar surface area (TPSA) is 32.3 Å². The molecule has 3 nitrogen and oxygen atoms in total. The molecule has 0 radical (unpaired) electrons. The van der Waals surface area contributed by atoms with E-state index in [9.17, 15) is 4.79 Å². The largest absolute Gasteiger partial charge is 0.342 e. The molecule has 1 saturated heterocycles. The Morgan fingerprint density at radius 2 is 2.06 bits per heavy atom. The van der Waals surface area contributed by atoms with E-state index in [0.29, 0.717) is 6.54 Å². The van der Waals surface area contributed by atoms with Gasteiger partial charge in [-0.15, -0.1) is 6.42 Å². The number of terminal acetylenes is 1. The van der Waals surface area contributed by atoms with Crippen molar-refractivity contribution in [2.45, 2.75) is 26.7 Å². The number of likely N-dealkylation sites (N-methyl/N-ethyl adjacent to an activating group) is 1. The number of hydrogen-bond acceptors (Lipinski definition) is 2. The zero-order valence-electron chi connectivity index (χ0n) is 11.7. The number of amides is 1. The lowest BCUT2D eigenvalue weighted by molar-refractivity contribution is -0.129. The highest BCUT2D eigenvalue weighted by Crippen LogP contribution is 2.06. The molecule has 1 fully saturated rings. The van der Waals surface area contributed by atoms with Crippen LogP contribution in [0.25, 0.3) is 0 Å². The van der Waals surface area contributed by atoms with Crippen molar-refractivity contribution >= 4 is 5.91 Å². The fraction of sp³-hybridized carbons (Fsp3) is 0.533. The first kappa shape index (κ1) is 16.5. The number of carbonyl (C=O) groups is 1. The molecule has 1 aliphatic heterocycles. The maximum absolute atomic E-state index is 11.1. The minimum Gasteiger partial charge on any atom is -0.342 e. The van der Waals surface area contributed by atoms with E-state index in [2.05, 4.69) is 11.2 Å². The van der Waals surface area contributed by atoms with Gasteiger partial charge in [0.15, 0.2) is 0 Å². The molecule has 1 aliphatic rings.